The molecule has 0 saturated carbocycles. The highest BCUT2D eigenvalue weighted by atomic mass is 35.5. The van der Waals surface area contributed by atoms with E-state index in [0.717, 1.165) is 5.56 Å². The highest BCUT2D eigenvalue weighted by Crippen LogP contribution is 2.33. The molecule has 8 nitrogen and oxygen atoms in total. The minimum Gasteiger partial charge on any atom is -0.482 e. The van der Waals surface area contributed by atoms with E-state index < -0.39 is 17.8 Å². The van der Waals surface area contributed by atoms with Gasteiger partial charge in [0.1, 0.15) is 12.3 Å². The van der Waals surface area contributed by atoms with Gasteiger partial charge in [0.25, 0.3) is 5.91 Å². The Kier molecular flexibility index (Phi) is 7.48. The summed E-state index contributed by atoms with van der Waals surface area (Å²) in [6, 6.07) is 9.76. The molecule has 2 aromatic rings. The number of nitrogens with one attached hydrogen (secondary N) is 1. The summed E-state index contributed by atoms with van der Waals surface area (Å²) in [6.45, 7) is 3.31. The number of carbonyl (C=O) groups excluding carboxylic acids is 4. The molecule has 32 heavy (non-hydrogen) atoms. The van der Waals surface area contributed by atoms with Crippen LogP contribution in [-0.2, 0) is 19.1 Å². The number of nitrogens with zero attached hydrogens (tertiary/aromatic N) is 1. The van der Waals surface area contributed by atoms with E-state index in [1.54, 1.807) is 37.3 Å². The first kappa shape index (κ1) is 23.3. The summed E-state index contributed by atoms with van der Waals surface area (Å²) in [7, 11) is 0. The third-order valence-corrected chi connectivity index (χ3v) is 5.25. The van der Waals surface area contributed by atoms with Gasteiger partial charge in [0.05, 0.1) is 18.7 Å². The van der Waals surface area contributed by atoms with E-state index >= 15 is 0 Å². The fourth-order valence-electron chi connectivity index (χ4n) is 3.16. The number of hydrogen-bond donors (Lipinski definition) is 1. The first-order chi connectivity index (χ1) is 15.3. The van der Waals surface area contributed by atoms with E-state index in [-0.39, 0.29) is 38.4 Å². The van der Waals surface area contributed by atoms with E-state index in [0.29, 0.717) is 27.7 Å². The number of anilines is 2. The standard InChI is InChI=1S/C23H23ClN2O6/c1-3-31-23(30)9-7-19(27)15-5-8-20-18(10-15)26(22(29)13-32-20)12-21(28)25-16-6-4-14(2)17(24)11-16/h4-6,8,10-11H,3,7,9,12-13H2,1-2H3,(H,25,28). The zero-order chi connectivity index (χ0) is 23.3. The number of rotatable bonds is 8. The number of benzene rings is 2. The van der Waals surface area contributed by atoms with Crippen molar-refractivity contribution < 1.29 is 28.7 Å². The summed E-state index contributed by atoms with van der Waals surface area (Å²) in [5, 5.41) is 3.23. The predicted octanol–water partition coefficient (Wildman–Crippen LogP) is 3.54. The van der Waals surface area contributed by atoms with Crippen LogP contribution in [0.15, 0.2) is 36.4 Å². The molecule has 1 N–H and O–H groups in total. The van der Waals surface area contributed by atoms with Gasteiger partial charge in [-0.2, -0.15) is 0 Å². The number of hydrogen-bond acceptors (Lipinski definition) is 6. The molecule has 0 spiro atoms. The highest BCUT2D eigenvalue weighted by molar-refractivity contribution is 6.31. The van der Waals surface area contributed by atoms with Crippen molar-refractivity contribution >= 4 is 46.5 Å². The van der Waals surface area contributed by atoms with Gasteiger partial charge in [0, 0.05) is 22.7 Å². The lowest BCUT2D eigenvalue weighted by Crippen LogP contribution is -2.43. The second-order valence-electron chi connectivity index (χ2n) is 7.19. The lowest BCUT2D eigenvalue weighted by Gasteiger charge is -2.29. The summed E-state index contributed by atoms with van der Waals surface area (Å²) in [4.78, 5) is 50.3. The van der Waals surface area contributed by atoms with Crippen LogP contribution in [0.3, 0.4) is 0 Å². The van der Waals surface area contributed by atoms with Crippen LogP contribution in [-0.4, -0.2) is 43.3 Å². The molecule has 0 aliphatic carbocycles. The fraction of sp³-hybridized carbons (Fsp3) is 0.304. The fourth-order valence-corrected chi connectivity index (χ4v) is 3.34. The average molecular weight is 459 g/mol. The number of ketones is 1. The summed E-state index contributed by atoms with van der Waals surface area (Å²) < 4.78 is 10.3. The van der Waals surface area contributed by atoms with E-state index in [4.69, 9.17) is 21.1 Å². The van der Waals surface area contributed by atoms with E-state index in [1.165, 1.54) is 11.0 Å². The summed E-state index contributed by atoms with van der Waals surface area (Å²) in [5.74, 6) is -1.18. The van der Waals surface area contributed by atoms with Crippen molar-refractivity contribution in [2.24, 2.45) is 0 Å². The van der Waals surface area contributed by atoms with E-state index in [9.17, 15) is 19.2 Å². The molecule has 2 amide bonds. The largest absolute Gasteiger partial charge is 0.482 e. The second kappa shape index (κ2) is 10.3. The van der Waals surface area contributed by atoms with Crippen LogP contribution in [0, 0.1) is 6.92 Å². The molecule has 0 fully saturated rings. The van der Waals surface area contributed by atoms with Crippen molar-refractivity contribution in [2.75, 3.05) is 30.0 Å². The Bertz CT molecular complexity index is 1070. The SMILES string of the molecule is CCOC(=O)CCC(=O)c1ccc2c(c1)N(CC(=O)Nc1ccc(C)c(Cl)c1)C(=O)CO2. The van der Waals surface area contributed by atoms with E-state index in [2.05, 4.69) is 5.32 Å². The number of Topliss-reactive ketones (excluding diaryl/α,β-unsaturated/α-hetero) is 1. The molecule has 0 aromatic heterocycles. The Hall–Kier alpha value is -3.39. The van der Waals surface area contributed by atoms with Crippen LogP contribution in [0.4, 0.5) is 11.4 Å². The molecule has 0 radical (unpaired) electrons. The topological polar surface area (TPSA) is 102 Å². The van der Waals surface area contributed by atoms with Gasteiger partial charge in [-0.3, -0.25) is 24.1 Å². The molecule has 0 saturated heterocycles. The van der Waals surface area contributed by atoms with Crippen LogP contribution in [0.2, 0.25) is 5.02 Å². The second-order valence-corrected chi connectivity index (χ2v) is 7.60. The average Bonchev–Trinajstić information content (AvgIpc) is 2.76. The van der Waals surface area contributed by atoms with Gasteiger partial charge < -0.3 is 14.8 Å². The molecule has 1 aliphatic heterocycles. The van der Waals surface area contributed by atoms with Crippen molar-refractivity contribution in [3.63, 3.8) is 0 Å². The maximum absolute atomic E-state index is 12.6. The van der Waals surface area contributed by atoms with Crippen molar-refractivity contribution in [2.45, 2.75) is 26.7 Å². The number of carbonyl (C=O) groups is 4. The third kappa shape index (κ3) is 5.64. The quantitative estimate of drug-likeness (QED) is 0.479. The maximum atomic E-state index is 12.6. The molecule has 9 heteroatoms. The Morgan fingerprint density at radius 3 is 2.66 bits per heavy atom. The van der Waals surface area contributed by atoms with Crippen LogP contribution < -0.4 is 15.0 Å². The maximum Gasteiger partial charge on any atom is 0.306 e. The van der Waals surface area contributed by atoms with Gasteiger partial charge in [-0.05, 0) is 49.7 Å². The van der Waals surface area contributed by atoms with Crippen LogP contribution >= 0.6 is 11.6 Å². The molecule has 1 aliphatic rings. The molecular formula is C23H23ClN2O6. The normalized spacial score (nSPS) is 12.6. The molecule has 0 unspecified atom stereocenters. The van der Waals surface area contributed by atoms with Crippen LogP contribution in [0.25, 0.3) is 0 Å². The molecule has 0 bridgehead atoms. The Balaban J connectivity index is 1.74. The number of halogens is 1. The van der Waals surface area contributed by atoms with Crippen LogP contribution in [0.5, 0.6) is 5.75 Å². The van der Waals surface area contributed by atoms with Crippen molar-refractivity contribution in [3.8, 4) is 5.75 Å². The Morgan fingerprint density at radius 2 is 1.94 bits per heavy atom. The molecular weight excluding hydrogens is 436 g/mol. The molecule has 0 atom stereocenters. The first-order valence-electron chi connectivity index (χ1n) is 10.1. The first-order valence-corrected chi connectivity index (χ1v) is 10.5. The minimum absolute atomic E-state index is 0.0267. The molecule has 168 valence electrons. The summed E-state index contributed by atoms with van der Waals surface area (Å²) in [5.41, 5.74) is 2.01. The van der Waals surface area contributed by atoms with Gasteiger partial charge in [-0.25, -0.2) is 0 Å². The summed E-state index contributed by atoms with van der Waals surface area (Å²) >= 11 is 6.10. The Labute approximate surface area is 190 Å². The third-order valence-electron chi connectivity index (χ3n) is 4.84. The van der Waals surface area contributed by atoms with Gasteiger partial charge in [0.15, 0.2) is 12.4 Å². The van der Waals surface area contributed by atoms with Gasteiger partial charge in [-0.1, -0.05) is 17.7 Å². The van der Waals surface area contributed by atoms with Gasteiger partial charge in [0.2, 0.25) is 5.91 Å². The predicted molar refractivity (Wildman–Crippen MR) is 119 cm³/mol. The van der Waals surface area contributed by atoms with Crippen LogP contribution in [0.1, 0.15) is 35.7 Å². The van der Waals surface area contributed by atoms with Gasteiger partial charge in [-0.15, -0.1) is 0 Å². The smallest absolute Gasteiger partial charge is 0.306 e. The summed E-state index contributed by atoms with van der Waals surface area (Å²) in [6.07, 6.45) is -0.0640. The zero-order valence-corrected chi connectivity index (χ0v) is 18.5. The number of aryl methyl sites for hydroxylation is 1. The van der Waals surface area contributed by atoms with E-state index in [1.807, 2.05) is 6.92 Å². The minimum atomic E-state index is -0.452. The molecule has 1 heterocycles. The van der Waals surface area contributed by atoms with Crippen molar-refractivity contribution in [3.05, 3.63) is 52.5 Å². The number of amides is 2. The number of fused-ring (bicyclic) bond motifs is 1. The van der Waals surface area contributed by atoms with Crippen molar-refractivity contribution in [1.29, 1.82) is 0 Å². The van der Waals surface area contributed by atoms with Crippen molar-refractivity contribution in [1.82, 2.24) is 0 Å². The Morgan fingerprint density at radius 1 is 1.16 bits per heavy atom. The lowest BCUT2D eigenvalue weighted by molar-refractivity contribution is -0.143. The number of ether oxygens (including phenoxy) is 2. The number of esters is 1. The highest BCUT2D eigenvalue weighted by Gasteiger charge is 2.28. The van der Waals surface area contributed by atoms with Gasteiger partial charge >= 0.3 is 5.97 Å². The lowest BCUT2D eigenvalue weighted by atomic mass is 10.0. The molecule has 2 aromatic carbocycles. The molecule has 3 rings (SSSR count). The zero-order valence-electron chi connectivity index (χ0n) is 17.8. The monoisotopic (exact) mass is 458 g/mol.